The summed E-state index contributed by atoms with van der Waals surface area (Å²) in [5.74, 6) is 0.366. The van der Waals surface area contributed by atoms with Crippen LogP contribution >= 0.6 is 11.6 Å². The van der Waals surface area contributed by atoms with Gasteiger partial charge in [0.1, 0.15) is 17.0 Å². The van der Waals surface area contributed by atoms with Crippen molar-refractivity contribution in [1.82, 2.24) is 0 Å². The number of anilines is 1. The fourth-order valence-electron chi connectivity index (χ4n) is 4.24. The van der Waals surface area contributed by atoms with Crippen molar-refractivity contribution in [1.29, 1.82) is 0 Å². The minimum atomic E-state index is -1.05. The summed E-state index contributed by atoms with van der Waals surface area (Å²) in [6.07, 6.45) is 3.18. The zero-order valence-corrected chi connectivity index (χ0v) is 20.0. The summed E-state index contributed by atoms with van der Waals surface area (Å²) in [7, 11) is 3.20. The van der Waals surface area contributed by atoms with Gasteiger partial charge in [-0.1, -0.05) is 17.7 Å². The number of halogens is 1. The Morgan fingerprint density at radius 2 is 1.91 bits per heavy atom. The van der Waals surface area contributed by atoms with Crippen LogP contribution in [0.4, 0.5) is 5.69 Å². The van der Waals surface area contributed by atoms with Crippen molar-refractivity contribution < 1.29 is 28.8 Å². The van der Waals surface area contributed by atoms with Crippen LogP contribution in [0.25, 0.3) is 11.1 Å². The van der Waals surface area contributed by atoms with Crippen LogP contribution in [0.5, 0.6) is 11.5 Å². The molecule has 0 radical (unpaired) electrons. The van der Waals surface area contributed by atoms with Crippen LogP contribution < -0.4 is 14.8 Å². The van der Waals surface area contributed by atoms with E-state index in [-0.39, 0.29) is 6.10 Å². The molecule has 33 heavy (non-hydrogen) atoms. The van der Waals surface area contributed by atoms with E-state index in [1.54, 1.807) is 14.2 Å². The average Bonchev–Trinajstić information content (AvgIpc) is 3.64. The number of aliphatic carboxylic acids is 1. The number of carboxylic acid groups (broad SMARTS) is 1. The fraction of sp³-hybridized carbons (Fsp3) is 0.480. The van der Waals surface area contributed by atoms with E-state index in [2.05, 4.69) is 5.32 Å². The highest BCUT2D eigenvalue weighted by Crippen LogP contribution is 2.44. The van der Waals surface area contributed by atoms with E-state index in [4.69, 9.17) is 30.5 Å². The van der Waals surface area contributed by atoms with Crippen LogP contribution in [-0.2, 0) is 20.9 Å². The quantitative estimate of drug-likeness (QED) is 0.524. The van der Waals surface area contributed by atoms with E-state index in [0.29, 0.717) is 49.2 Å². The van der Waals surface area contributed by atoms with Gasteiger partial charge in [-0.25, -0.2) is 4.79 Å². The number of hydrogen-bond acceptors (Lipinski definition) is 6. The first-order chi connectivity index (χ1) is 15.9. The Kier molecular flexibility index (Phi) is 7.02. The second-order valence-corrected chi connectivity index (χ2v) is 8.98. The van der Waals surface area contributed by atoms with Gasteiger partial charge in [0, 0.05) is 42.9 Å². The van der Waals surface area contributed by atoms with Crippen molar-refractivity contribution in [2.45, 2.75) is 50.9 Å². The summed E-state index contributed by atoms with van der Waals surface area (Å²) in [4.78, 5) is 12.1. The van der Waals surface area contributed by atoms with Crippen LogP contribution in [0.15, 0.2) is 24.3 Å². The monoisotopic (exact) mass is 475 g/mol. The molecular weight excluding hydrogens is 446 g/mol. The number of ether oxygens (including phenoxy) is 4. The first-order valence-electron chi connectivity index (χ1n) is 11.1. The van der Waals surface area contributed by atoms with E-state index in [9.17, 15) is 9.90 Å². The molecule has 2 N–H and O–H groups in total. The molecule has 1 saturated carbocycles. The number of hydrogen-bond donors (Lipinski definition) is 2. The molecule has 2 aromatic carbocycles. The van der Waals surface area contributed by atoms with E-state index in [1.165, 1.54) is 0 Å². The first-order valence-corrected chi connectivity index (χ1v) is 11.5. The van der Waals surface area contributed by atoms with Gasteiger partial charge in [0.2, 0.25) is 0 Å². The summed E-state index contributed by atoms with van der Waals surface area (Å²) in [6, 6.07) is 7.68. The summed E-state index contributed by atoms with van der Waals surface area (Å²) in [5.41, 5.74) is 3.07. The number of rotatable bonds is 9. The predicted molar refractivity (Wildman–Crippen MR) is 127 cm³/mol. The van der Waals surface area contributed by atoms with Gasteiger partial charge in [0.15, 0.2) is 0 Å². The third-order valence-electron chi connectivity index (χ3n) is 6.38. The molecule has 178 valence electrons. The molecule has 0 bridgehead atoms. The molecule has 4 rings (SSSR count). The summed E-state index contributed by atoms with van der Waals surface area (Å²) >= 11 is 6.76. The standard InChI is InChI=1S/C25H30ClNO6/c1-15-21(30-2)13-20(22(26)23(15)31-3)19-7-4-17(12-16(19)14-33-18-5-6-18)27-25(24(28)29)8-10-32-11-9-25/h4,7,12-13,18,27H,5-6,8-11,14H2,1-3H3,(H,28,29). The van der Waals surface area contributed by atoms with Crippen LogP contribution in [0.2, 0.25) is 5.02 Å². The maximum Gasteiger partial charge on any atom is 0.329 e. The summed E-state index contributed by atoms with van der Waals surface area (Å²) in [5, 5.41) is 13.7. The molecule has 1 saturated heterocycles. The van der Waals surface area contributed by atoms with Crippen LogP contribution in [0.1, 0.15) is 36.8 Å². The van der Waals surface area contributed by atoms with Crippen LogP contribution in [0, 0.1) is 6.92 Å². The molecule has 0 spiro atoms. The topological polar surface area (TPSA) is 86.3 Å². The molecule has 2 aromatic rings. The normalized spacial score (nSPS) is 17.5. The number of nitrogens with one attached hydrogen (secondary N) is 1. The van der Waals surface area contributed by atoms with Crippen molar-refractivity contribution in [3.8, 4) is 22.6 Å². The second-order valence-electron chi connectivity index (χ2n) is 8.61. The lowest BCUT2D eigenvalue weighted by Gasteiger charge is -2.35. The Balaban J connectivity index is 1.75. The Morgan fingerprint density at radius 1 is 1.18 bits per heavy atom. The smallest absolute Gasteiger partial charge is 0.329 e. The lowest BCUT2D eigenvalue weighted by Crippen LogP contribution is -2.50. The van der Waals surface area contributed by atoms with E-state index >= 15 is 0 Å². The molecule has 0 aromatic heterocycles. The Labute approximate surface area is 198 Å². The molecule has 1 aliphatic carbocycles. The van der Waals surface area contributed by atoms with Crippen molar-refractivity contribution >= 4 is 23.3 Å². The van der Waals surface area contributed by atoms with Gasteiger partial charge >= 0.3 is 5.97 Å². The second kappa shape index (κ2) is 9.79. The minimum Gasteiger partial charge on any atom is -0.496 e. The number of methoxy groups -OCH3 is 2. The highest BCUT2D eigenvalue weighted by Gasteiger charge is 2.40. The zero-order chi connectivity index (χ0) is 23.6. The lowest BCUT2D eigenvalue weighted by molar-refractivity contribution is -0.145. The molecule has 7 nitrogen and oxygen atoms in total. The summed E-state index contributed by atoms with van der Waals surface area (Å²) in [6.45, 7) is 3.12. The molecule has 0 unspecified atom stereocenters. The van der Waals surface area contributed by atoms with E-state index in [1.807, 2.05) is 31.2 Å². The van der Waals surface area contributed by atoms with Crippen molar-refractivity contribution in [3.05, 3.63) is 40.4 Å². The van der Waals surface area contributed by atoms with Gasteiger partial charge < -0.3 is 29.4 Å². The van der Waals surface area contributed by atoms with E-state index < -0.39 is 11.5 Å². The SMILES string of the molecule is COc1cc(-c2ccc(NC3(C(=O)O)CCOCC3)cc2COC2CC2)c(Cl)c(OC)c1C. The molecule has 2 fully saturated rings. The largest absolute Gasteiger partial charge is 0.496 e. The van der Waals surface area contributed by atoms with Crippen molar-refractivity contribution in [2.24, 2.45) is 0 Å². The molecule has 1 aliphatic heterocycles. The lowest BCUT2D eigenvalue weighted by atomic mass is 9.89. The molecule has 8 heteroatoms. The summed E-state index contributed by atoms with van der Waals surface area (Å²) < 4.78 is 22.5. The predicted octanol–water partition coefficient (Wildman–Crippen LogP) is 5.06. The maximum absolute atomic E-state index is 12.1. The molecule has 0 amide bonds. The Bertz CT molecular complexity index is 1030. The molecule has 1 heterocycles. The highest BCUT2D eigenvalue weighted by molar-refractivity contribution is 6.35. The third-order valence-corrected chi connectivity index (χ3v) is 6.75. The Morgan fingerprint density at radius 3 is 2.52 bits per heavy atom. The van der Waals surface area contributed by atoms with Crippen LogP contribution in [0.3, 0.4) is 0 Å². The van der Waals surface area contributed by atoms with Gasteiger partial charge in [-0.3, -0.25) is 0 Å². The van der Waals surface area contributed by atoms with Gasteiger partial charge in [0.25, 0.3) is 0 Å². The van der Waals surface area contributed by atoms with Gasteiger partial charge in [-0.15, -0.1) is 0 Å². The molecule has 2 aliphatic rings. The van der Waals surface area contributed by atoms with Crippen molar-refractivity contribution in [3.63, 3.8) is 0 Å². The molecule has 0 atom stereocenters. The molecular formula is C25H30ClNO6. The number of carboxylic acids is 1. The Hall–Kier alpha value is -2.48. The number of carbonyl (C=O) groups is 1. The van der Waals surface area contributed by atoms with Gasteiger partial charge in [-0.2, -0.15) is 0 Å². The first kappa shape index (κ1) is 23.7. The zero-order valence-electron chi connectivity index (χ0n) is 19.2. The highest BCUT2D eigenvalue weighted by atomic mass is 35.5. The van der Waals surface area contributed by atoms with Crippen molar-refractivity contribution in [2.75, 3.05) is 32.8 Å². The van der Waals surface area contributed by atoms with E-state index in [0.717, 1.165) is 40.8 Å². The minimum absolute atomic E-state index is 0.271. The van der Waals surface area contributed by atoms with Gasteiger partial charge in [-0.05, 0) is 49.1 Å². The fourth-order valence-corrected chi connectivity index (χ4v) is 4.61. The maximum atomic E-state index is 12.1. The average molecular weight is 476 g/mol. The van der Waals surface area contributed by atoms with Crippen LogP contribution in [-0.4, -0.2) is 50.2 Å². The third kappa shape index (κ3) is 4.90. The number of benzene rings is 2. The van der Waals surface area contributed by atoms with Gasteiger partial charge in [0.05, 0.1) is 32.0 Å².